The maximum absolute atomic E-state index is 12.6. The molecule has 0 aliphatic carbocycles. The number of aromatic nitrogens is 2. The summed E-state index contributed by atoms with van der Waals surface area (Å²) >= 11 is 5.74. The van der Waals surface area contributed by atoms with Crippen LogP contribution in [0.15, 0.2) is 11.2 Å². The van der Waals surface area contributed by atoms with Crippen LogP contribution >= 0.6 is 11.6 Å². The zero-order valence-electron chi connectivity index (χ0n) is 11.7. The molecule has 5 nitrogen and oxygen atoms in total. The van der Waals surface area contributed by atoms with Crippen LogP contribution in [-0.4, -0.2) is 36.0 Å². The second-order valence-electron chi connectivity index (χ2n) is 4.50. The summed E-state index contributed by atoms with van der Waals surface area (Å²) in [7, 11) is -3.53. The van der Waals surface area contributed by atoms with Gasteiger partial charge in [-0.05, 0) is 5.92 Å². The van der Waals surface area contributed by atoms with E-state index >= 15 is 0 Å². The van der Waals surface area contributed by atoms with Gasteiger partial charge >= 0.3 is 0 Å². The van der Waals surface area contributed by atoms with Gasteiger partial charge in [-0.1, -0.05) is 33.6 Å². The van der Waals surface area contributed by atoms with Crippen molar-refractivity contribution in [2.24, 2.45) is 5.92 Å². The number of nitrogens with one attached hydrogen (secondary N) is 1. The third-order valence-electron chi connectivity index (χ3n) is 3.39. The topological polar surface area (TPSA) is 66.1 Å². The summed E-state index contributed by atoms with van der Waals surface area (Å²) in [6.45, 7) is 6.98. The van der Waals surface area contributed by atoms with Crippen molar-refractivity contribution in [2.45, 2.75) is 44.5 Å². The van der Waals surface area contributed by atoms with Crippen LogP contribution in [0.25, 0.3) is 0 Å². The van der Waals surface area contributed by atoms with E-state index in [0.717, 1.165) is 12.8 Å². The van der Waals surface area contributed by atoms with E-state index in [9.17, 15) is 8.42 Å². The summed E-state index contributed by atoms with van der Waals surface area (Å²) in [5.41, 5.74) is 0.518. The number of hydrogen-bond acceptors (Lipinski definition) is 3. The minimum atomic E-state index is -3.53. The maximum Gasteiger partial charge on any atom is 0.260 e. The molecule has 0 fully saturated rings. The molecule has 0 saturated carbocycles. The lowest BCUT2D eigenvalue weighted by Crippen LogP contribution is -2.35. The molecule has 0 radical (unpaired) electrons. The first-order chi connectivity index (χ1) is 9.01. The Hall–Kier alpha value is -0.590. The average Bonchev–Trinajstić information content (AvgIpc) is 2.89. The fraction of sp³-hybridized carbons (Fsp3) is 0.750. The number of sulfonamides is 1. The maximum atomic E-state index is 12.6. The normalized spacial score (nSPS) is 12.5. The molecule has 7 heteroatoms. The molecule has 0 atom stereocenters. The monoisotopic (exact) mass is 307 g/mol. The number of aromatic amines is 1. The van der Waals surface area contributed by atoms with Gasteiger partial charge in [-0.25, -0.2) is 8.42 Å². The van der Waals surface area contributed by atoms with Crippen molar-refractivity contribution in [3.63, 3.8) is 0 Å². The van der Waals surface area contributed by atoms with E-state index in [0.29, 0.717) is 24.6 Å². The van der Waals surface area contributed by atoms with Gasteiger partial charge in [-0.15, -0.1) is 11.6 Å². The SMILES string of the molecule is CCC(CC)CN(CC)S(=O)(=O)c1[nH]ncc1CCl. The highest BCUT2D eigenvalue weighted by molar-refractivity contribution is 7.89. The highest BCUT2D eigenvalue weighted by atomic mass is 35.5. The first kappa shape index (κ1) is 16.5. The second kappa shape index (κ2) is 7.26. The molecule has 110 valence electrons. The first-order valence-electron chi connectivity index (χ1n) is 6.59. The Morgan fingerprint density at radius 3 is 2.47 bits per heavy atom. The molecule has 19 heavy (non-hydrogen) atoms. The van der Waals surface area contributed by atoms with Crippen molar-refractivity contribution in [1.82, 2.24) is 14.5 Å². The molecule has 1 N–H and O–H groups in total. The number of H-pyrrole nitrogens is 1. The Bertz CT molecular complexity index is 483. The predicted molar refractivity (Wildman–Crippen MR) is 76.6 cm³/mol. The van der Waals surface area contributed by atoms with Crippen LogP contribution in [0.3, 0.4) is 0 Å². The van der Waals surface area contributed by atoms with E-state index in [1.54, 1.807) is 0 Å². The van der Waals surface area contributed by atoms with Crippen molar-refractivity contribution >= 4 is 21.6 Å². The number of halogens is 1. The summed E-state index contributed by atoms with van der Waals surface area (Å²) < 4.78 is 26.6. The highest BCUT2D eigenvalue weighted by Gasteiger charge is 2.28. The molecule has 0 aliphatic heterocycles. The Morgan fingerprint density at radius 2 is 2.00 bits per heavy atom. The van der Waals surface area contributed by atoms with Crippen molar-refractivity contribution in [2.75, 3.05) is 13.1 Å². The van der Waals surface area contributed by atoms with Crippen LogP contribution < -0.4 is 0 Å². The molecule has 0 amide bonds. The van der Waals surface area contributed by atoms with Gasteiger partial charge in [0, 0.05) is 18.7 Å². The summed E-state index contributed by atoms with van der Waals surface area (Å²) in [5.74, 6) is 0.505. The van der Waals surface area contributed by atoms with E-state index < -0.39 is 10.0 Å². The number of alkyl halides is 1. The van der Waals surface area contributed by atoms with Crippen molar-refractivity contribution in [3.05, 3.63) is 11.8 Å². The third-order valence-corrected chi connectivity index (χ3v) is 5.63. The quantitative estimate of drug-likeness (QED) is 0.751. The summed E-state index contributed by atoms with van der Waals surface area (Å²) in [5, 5.41) is 6.46. The van der Waals surface area contributed by atoms with Gasteiger partial charge < -0.3 is 0 Å². The summed E-state index contributed by atoms with van der Waals surface area (Å²) in [4.78, 5) is 0. The predicted octanol–water partition coefficient (Wildman–Crippen LogP) is 2.60. The lowest BCUT2D eigenvalue weighted by atomic mass is 10.0. The van der Waals surface area contributed by atoms with Crippen molar-refractivity contribution < 1.29 is 8.42 Å². The molecule has 0 spiro atoms. The van der Waals surface area contributed by atoms with Gasteiger partial charge in [-0.2, -0.15) is 9.40 Å². The minimum absolute atomic E-state index is 0.121. The van der Waals surface area contributed by atoms with Gasteiger partial charge in [0.05, 0.1) is 12.1 Å². The van der Waals surface area contributed by atoms with E-state index in [-0.39, 0.29) is 10.9 Å². The average molecular weight is 308 g/mol. The lowest BCUT2D eigenvalue weighted by molar-refractivity contribution is 0.338. The minimum Gasteiger partial charge on any atom is -0.266 e. The molecule has 0 bridgehead atoms. The molecule has 1 aromatic rings. The molecule has 0 aliphatic rings. The second-order valence-corrected chi connectivity index (χ2v) is 6.64. The Morgan fingerprint density at radius 1 is 1.37 bits per heavy atom. The number of hydrogen-bond donors (Lipinski definition) is 1. The number of nitrogens with zero attached hydrogens (tertiary/aromatic N) is 2. The molecule has 0 unspecified atom stereocenters. The van der Waals surface area contributed by atoms with E-state index in [2.05, 4.69) is 24.0 Å². The zero-order chi connectivity index (χ0) is 14.5. The van der Waals surface area contributed by atoms with E-state index in [1.807, 2.05) is 6.92 Å². The fourth-order valence-corrected chi connectivity index (χ4v) is 3.89. The van der Waals surface area contributed by atoms with Crippen LogP contribution in [0.4, 0.5) is 0 Å². The summed E-state index contributed by atoms with van der Waals surface area (Å²) in [6, 6.07) is 0. The van der Waals surface area contributed by atoms with Gasteiger partial charge in [0.15, 0.2) is 5.03 Å². The molecular formula is C12H22ClN3O2S. The van der Waals surface area contributed by atoms with Crippen LogP contribution in [0, 0.1) is 5.92 Å². The number of rotatable bonds is 8. The largest absolute Gasteiger partial charge is 0.266 e. The molecular weight excluding hydrogens is 286 g/mol. The fourth-order valence-electron chi connectivity index (χ4n) is 1.98. The van der Waals surface area contributed by atoms with Gasteiger partial charge in [0.1, 0.15) is 0 Å². The van der Waals surface area contributed by atoms with E-state index in [4.69, 9.17) is 11.6 Å². The van der Waals surface area contributed by atoms with Crippen LogP contribution in [-0.2, 0) is 15.9 Å². The Balaban J connectivity index is 3.02. The van der Waals surface area contributed by atoms with Gasteiger partial charge in [0.2, 0.25) is 0 Å². The van der Waals surface area contributed by atoms with Crippen LogP contribution in [0.1, 0.15) is 39.2 Å². The Kier molecular flexibility index (Phi) is 6.29. The van der Waals surface area contributed by atoms with Gasteiger partial charge in [-0.3, -0.25) is 5.10 Å². The Labute approximate surface area is 120 Å². The molecule has 1 heterocycles. The molecule has 0 aromatic carbocycles. The van der Waals surface area contributed by atoms with Crippen molar-refractivity contribution in [3.8, 4) is 0 Å². The van der Waals surface area contributed by atoms with E-state index in [1.165, 1.54) is 10.5 Å². The van der Waals surface area contributed by atoms with Crippen LogP contribution in [0.2, 0.25) is 0 Å². The van der Waals surface area contributed by atoms with Crippen LogP contribution in [0.5, 0.6) is 0 Å². The van der Waals surface area contributed by atoms with Crippen molar-refractivity contribution in [1.29, 1.82) is 0 Å². The molecule has 1 aromatic heterocycles. The first-order valence-corrected chi connectivity index (χ1v) is 8.56. The molecule has 0 saturated heterocycles. The standard InChI is InChI=1S/C12H22ClN3O2S/c1-4-10(5-2)9-16(6-3)19(17,18)12-11(7-13)8-14-15-12/h8,10H,4-7,9H2,1-3H3,(H,14,15). The molecule has 1 rings (SSSR count). The van der Waals surface area contributed by atoms with Gasteiger partial charge in [0.25, 0.3) is 10.0 Å². The highest BCUT2D eigenvalue weighted by Crippen LogP contribution is 2.21. The zero-order valence-corrected chi connectivity index (χ0v) is 13.3. The smallest absolute Gasteiger partial charge is 0.260 e. The summed E-state index contributed by atoms with van der Waals surface area (Å²) in [6.07, 6.45) is 3.40. The lowest BCUT2D eigenvalue weighted by Gasteiger charge is -2.24. The third kappa shape index (κ3) is 3.70.